The van der Waals surface area contributed by atoms with Crippen LogP contribution in [0.4, 0.5) is 16.2 Å². The third kappa shape index (κ3) is 3.85. The lowest BCUT2D eigenvalue weighted by Crippen LogP contribution is -2.51. The largest absolute Gasteiger partial charge is 0.496 e. The molecule has 0 bridgehead atoms. The number of aryl methyl sites for hydroxylation is 2. The van der Waals surface area contributed by atoms with E-state index >= 15 is 0 Å². The van der Waals surface area contributed by atoms with E-state index in [1.807, 2.05) is 42.2 Å². The minimum Gasteiger partial charge on any atom is -0.496 e. The maximum atomic E-state index is 13.9. The van der Waals surface area contributed by atoms with Gasteiger partial charge in [0.2, 0.25) is 5.91 Å². The molecule has 4 rings (SSSR count). The van der Waals surface area contributed by atoms with Crippen LogP contribution in [0.1, 0.15) is 47.9 Å². The molecular weight excluding hydrogens is 402 g/mol. The third-order valence-corrected chi connectivity index (χ3v) is 6.90. The Bertz CT molecular complexity index is 1070. The van der Waals surface area contributed by atoms with Gasteiger partial charge in [-0.25, -0.2) is 4.79 Å². The summed E-state index contributed by atoms with van der Waals surface area (Å²) in [5.74, 6) is 0.417. The number of urea groups is 1. The number of anilines is 2. The number of hydrogen-bond acceptors (Lipinski definition) is 3. The first-order valence-corrected chi connectivity index (χ1v) is 11.1. The second-order valence-corrected chi connectivity index (χ2v) is 8.85. The molecule has 1 aliphatic heterocycles. The highest BCUT2D eigenvalue weighted by Gasteiger charge is 2.38. The summed E-state index contributed by atoms with van der Waals surface area (Å²) in [6.07, 6.45) is 4.82. The summed E-state index contributed by atoms with van der Waals surface area (Å²) in [6.45, 7) is 8.54. The van der Waals surface area contributed by atoms with E-state index in [2.05, 4.69) is 19.6 Å². The summed E-state index contributed by atoms with van der Waals surface area (Å²) >= 11 is 0. The lowest BCUT2D eigenvalue weighted by molar-refractivity contribution is -0.123. The molecule has 2 N–H and O–H groups in total. The van der Waals surface area contributed by atoms with E-state index < -0.39 is 0 Å². The monoisotopic (exact) mass is 433 g/mol. The molecule has 0 spiro atoms. The summed E-state index contributed by atoms with van der Waals surface area (Å²) in [7, 11) is 1.64. The van der Waals surface area contributed by atoms with Crippen LogP contribution >= 0.6 is 0 Å². The molecule has 1 aliphatic carbocycles. The van der Waals surface area contributed by atoms with E-state index in [1.165, 1.54) is 0 Å². The second-order valence-electron chi connectivity index (χ2n) is 8.85. The smallest absolute Gasteiger partial charge is 0.329 e. The topological polar surface area (TPSA) is 75.9 Å². The number of rotatable bonds is 5. The average molecular weight is 434 g/mol. The van der Waals surface area contributed by atoms with Crippen LogP contribution in [0.5, 0.6) is 5.75 Å². The van der Waals surface area contributed by atoms with Gasteiger partial charge in [-0.15, -0.1) is 0 Å². The van der Waals surface area contributed by atoms with Gasteiger partial charge in [0.15, 0.2) is 0 Å². The fourth-order valence-electron chi connectivity index (χ4n) is 4.97. The molecule has 2 aromatic rings. The van der Waals surface area contributed by atoms with Crippen LogP contribution in [0, 0.1) is 19.8 Å². The maximum absolute atomic E-state index is 13.9. The third-order valence-electron chi connectivity index (χ3n) is 6.90. The number of nitrogens with zero attached hydrogens (tertiary/aromatic N) is 2. The molecule has 0 atom stereocenters. The Hall–Kier alpha value is -3.28. The molecule has 2 aromatic carbocycles. The molecular formula is C26H31N3O3. The number of fused-ring (bicyclic) bond motifs is 1. The molecule has 1 saturated carbocycles. The van der Waals surface area contributed by atoms with Crippen LogP contribution in [-0.4, -0.2) is 30.0 Å². The van der Waals surface area contributed by atoms with Crippen molar-refractivity contribution in [3.05, 3.63) is 59.2 Å². The minimum atomic E-state index is -0.236. The van der Waals surface area contributed by atoms with Crippen LogP contribution in [0.3, 0.4) is 0 Å². The van der Waals surface area contributed by atoms with Gasteiger partial charge in [0, 0.05) is 18.0 Å². The molecule has 0 aromatic heterocycles. The highest BCUT2D eigenvalue weighted by molar-refractivity contribution is 6.02. The number of ether oxygens (including phenoxy) is 1. The van der Waals surface area contributed by atoms with Gasteiger partial charge >= 0.3 is 6.03 Å². The van der Waals surface area contributed by atoms with E-state index in [0.29, 0.717) is 6.54 Å². The van der Waals surface area contributed by atoms with Crippen LogP contribution in [-0.2, 0) is 11.3 Å². The first kappa shape index (κ1) is 21.9. The van der Waals surface area contributed by atoms with Gasteiger partial charge in [-0.1, -0.05) is 24.8 Å². The summed E-state index contributed by atoms with van der Waals surface area (Å²) in [6, 6.07) is 10.0. The van der Waals surface area contributed by atoms with Crippen molar-refractivity contribution in [1.82, 2.24) is 4.90 Å². The van der Waals surface area contributed by atoms with Gasteiger partial charge in [0.1, 0.15) is 5.75 Å². The molecule has 3 amide bonds. The summed E-state index contributed by atoms with van der Waals surface area (Å²) < 4.78 is 5.53. The molecule has 6 heteroatoms. The first-order valence-electron chi connectivity index (χ1n) is 11.1. The fraction of sp³-hybridized carbons (Fsp3) is 0.385. The van der Waals surface area contributed by atoms with Crippen molar-refractivity contribution in [2.75, 3.05) is 12.0 Å². The van der Waals surface area contributed by atoms with Crippen molar-refractivity contribution >= 4 is 29.4 Å². The van der Waals surface area contributed by atoms with Gasteiger partial charge in [-0.3, -0.25) is 9.69 Å². The second kappa shape index (κ2) is 8.69. The quantitative estimate of drug-likeness (QED) is 0.715. The first-order chi connectivity index (χ1) is 15.3. The Morgan fingerprint density at radius 3 is 2.47 bits per heavy atom. The van der Waals surface area contributed by atoms with Crippen LogP contribution in [0.25, 0.3) is 6.08 Å². The van der Waals surface area contributed by atoms with Crippen molar-refractivity contribution in [2.45, 2.75) is 52.1 Å². The number of nitrogens with two attached hydrogens (primary N) is 1. The number of hydrogen-bond donors (Lipinski definition) is 1. The Kier molecular flexibility index (Phi) is 5.96. The normalized spacial score (nSPS) is 20.7. The number of carbonyl (C=O) groups is 2. The van der Waals surface area contributed by atoms with Crippen LogP contribution in [0.2, 0.25) is 0 Å². The number of carbonyl (C=O) groups excluding carboxylic acids is 2. The molecule has 168 valence electrons. The van der Waals surface area contributed by atoms with Crippen molar-refractivity contribution in [2.24, 2.45) is 11.7 Å². The van der Waals surface area contributed by atoms with Gasteiger partial charge in [-0.2, -0.15) is 0 Å². The molecule has 0 unspecified atom stereocenters. The van der Waals surface area contributed by atoms with Crippen molar-refractivity contribution in [3.63, 3.8) is 0 Å². The maximum Gasteiger partial charge on any atom is 0.329 e. The number of primary amides is 1. The Morgan fingerprint density at radius 1 is 1.12 bits per heavy atom. The summed E-state index contributed by atoms with van der Waals surface area (Å²) in [5.41, 5.74) is 11.4. The molecule has 2 aliphatic rings. The number of methoxy groups -OCH3 is 1. The predicted octanol–water partition coefficient (Wildman–Crippen LogP) is 5.07. The van der Waals surface area contributed by atoms with Crippen molar-refractivity contribution in [1.29, 1.82) is 0 Å². The molecule has 32 heavy (non-hydrogen) atoms. The zero-order valence-electron chi connectivity index (χ0n) is 19.1. The average Bonchev–Trinajstić information content (AvgIpc) is 2.79. The standard InChI is InChI=1S/C26H31N3O3/c1-5-18-12-17(3)22-15-28(20-10-7-19(8-11-20)25(27)30)26(31)29(23(22)13-18)21-9-6-16(2)24(14-21)32-4/h5-6,9,12-14,19-20H,1,7-8,10-11,15H2,2-4H3,(H2,27,30). The van der Waals surface area contributed by atoms with E-state index in [4.69, 9.17) is 10.5 Å². The van der Waals surface area contributed by atoms with Gasteiger partial charge < -0.3 is 15.4 Å². The molecule has 0 radical (unpaired) electrons. The van der Waals surface area contributed by atoms with Crippen molar-refractivity contribution in [3.8, 4) is 5.75 Å². The Balaban J connectivity index is 1.77. The van der Waals surface area contributed by atoms with Gasteiger partial charge in [0.05, 0.1) is 25.0 Å². The lowest BCUT2D eigenvalue weighted by Gasteiger charge is -2.43. The van der Waals surface area contributed by atoms with Crippen LogP contribution in [0.15, 0.2) is 36.9 Å². The van der Waals surface area contributed by atoms with Gasteiger partial charge in [0.25, 0.3) is 0 Å². The zero-order chi connectivity index (χ0) is 23.0. The number of amides is 3. The van der Waals surface area contributed by atoms with E-state index in [-0.39, 0.29) is 23.9 Å². The Morgan fingerprint density at radius 2 is 1.84 bits per heavy atom. The minimum absolute atomic E-state index is 0.0495. The highest BCUT2D eigenvalue weighted by atomic mass is 16.5. The fourth-order valence-corrected chi connectivity index (χ4v) is 4.97. The van der Waals surface area contributed by atoms with Crippen molar-refractivity contribution < 1.29 is 14.3 Å². The van der Waals surface area contributed by atoms with E-state index in [1.54, 1.807) is 12.0 Å². The molecule has 1 fully saturated rings. The van der Waals surface area contributed by atoms with E-state index in [0.717, 1.165) is 65.1 Å². The molecule has 0 saturated heterocycles. The van der Waals surface area contributed by atoms with Gasteiger partial charge in [-0.05, 0) is 73.9 Å². The predicted molar refractivity (Wildman–Crippen MR) is 127 cm³/mol. The number of benzene rings is 2. The Labute approximate surface area is 189 Å². The highest BCUT2D eigenvalue weighted by Crippen LogP contribution is 2.41. The molecule has 1 heterocycles. The lowest BCUT2D eigenvalue weighted by atomic mass is 9.84. The summed E-state index contributed by atoms with van der Waals surface area (Å²) in [5, 5.41) is 0. The van der Waals surface area contributed by atoms with Crippen LogP contribution < -0.4 is 15.4 Å². The molecule has 6 nitrogen and oxygen atoms in total. The SMILES string of the molecule is C=Cc1cc(C)c2c(c1)N(c1ccc(C)c(OC)c1)C(=O)N(C1CCC(C(N)=O)CC1)C2. The van der Waals surface area contributed by atoms with E-state index in [9.17, 15) is 9.59 Å². The summed E-state index contributed by atoms with van der Waals surface area (Å²) in [4.78, 5) is 29.3. The zero-order valence-corrected chi connectivity index (χ0v) is 19.1.